The first-order chi connectivity index (χ1) is 9.93. The Hall–Kier alpha value is -0.440. The lowest BCUT2D eigenvalue weighted by Crippen LogP contribution is -2.58. The van der Waals surface area contributed by atoms with Crippen LogP contribution in [0.2, 0.25) is 10.0 Å². The van der Waals surface area contributed by atoms with Gasteiger partial charge in [-0.3, -0.25) is 0 Å². The topological polar surface area (TPSA) is 15.3 Å². The van der Waals surface area contributed by atoms with Crippen LogP contribution in [0, 0.1) is 12.8 Å². The third-order valence-corrected chi connectivity index (χ3v) is 5.09. The molecule has 1 N–H and O–H groups in total. The van der Waals surface area contributed by atoms with E-state index in [0.717, 1.165) is 34.4 Å². The van der Waals surface area contributed by atoms with Gasteiger partial charge in [0.05, 0.1) is 10.7 Å². The molecule has 1 aromatic rings. The van der Waals surface area contributed by atoms with Crippen molar-refractivity contribution in [3.63, 3.8) is 0 Å². The highest BCUT2D eigenvalue weighted by atomic mass is 35.5. The average Bonchev–Trinajstić information content (AvgIpc) is 2.43. The molecule has 2 atom stereocenters. The lowest BCUT2D eigenvalue weighted by molar-refractivity contribution is 0.327. The van der Waals surface area contributed by atoms with Crippen molar-refractivity contribution < 1.29 is 0 Å². The zero-order valence-corrected chi connectivity index (χ0v) is 14.9. The molecule has 0 spiro atoms. The quantitative estimate of drug-likeness (QED) is 0.845. The number of aryl methyl sites for hydroxylation is 1. The molecule has 21 heavy (non-hydrogen) atoms. The highest BCUT2D eigenvalue weighted by Crippen LogP contribution is 2.35. The zero-order valence-electron chi connectivity index (χ0n) is 13.4. The van der Waals surface area contributed by atoms with Crippen molar-refractivity contribution >= 4 is 28.9 Å². The van der Waals surface area contributed by atoms with E-state index in [1.165, 1.54) is 12.8 Å². The van der Waals surface area contributed by atoms with Crippen LogP contribution in [0.4, 0.5) is 5.69 Å². The Bertz CT molecular complexity index is 488. The van der Waals surface area contributed by atoms with Crippen molar-refractivity contribution in [2.45, 2.75) is 52.6 Å². The van der Waals surface area contributed by atoms with Crippen molar-refractivity contribution in [1.82, 2.24) is 5.32 Å². The number of anilines is 1. The molecule has 0 aliphatic carbocycles. The summed E-state index contributed by atoms with van der Waals surface area (Å²) >= 11 is 12.8. The summed E-state index contributed by atoms with van der Waals surface area (Å²) in [5.74, 6) is 0.566. The van der Waals surface area contributed by atoms with Crippen molar-refractivity contribution in [3.05, 3.63) is 27.7 Å². The van der Waals surface area contributed by atoms with Crippen LogP contribution in [0.5, 0.6) is 0 Å². The van der Waals surface area contributed by atoms with E-state index in [9.17, 15) is 0 Å². The number of benzene rings is 1. The van der Waals surface area contributed by atoms with Crippen LogP contribution in [-0.2, 0) is 0 Å². The second-order valence-electron chi connectivity index (χ2n) is 6.41. The molecular weight excluding hydrogens is 303 g/mol. The van der Waals surface area contributed by atoms with Gasteiger partial charge in [0.25, 0.3) is 0 Å². The largest absolute Gasteiger partial charge is 0.364 e. The van der Waals surface area contributed by atoms with Crippen LogP contribution < -0.4 is 10.2 Å². The van der Waals surface area contributed by atoms with Gasteiger partial charge in [-0.15, -0.1) is 0 Å². The molecule has 0 amide bonds. The van der Waals surface area contributed by atoms with Gasteiger partial charge < -0.3 is 10.2 Å². The smallest absolute Gasteiger partial charge is 0.0643 e. The zero-order chi connectivity index (χ0) is 15.6. The maximum atomic E-state index is 6.51. The number of piperazine rings is 1. The molecule has 1 heterocycles. The third-order valence-electron chi connectivity index (χ3n) is 4.38. The Kier molecular flexibility index (Phi) is 5.81. The van der Waals surface area contributed by atoms with Gasteiger partial charge in [0.2, 0.25) is 0 Å². The van der Waals surface area contributed by atoms with E-state index in [1.807, 2.05) is 19.1 Å². The normalized spacial score (nSPS) is 22.9. The van der Waals surface area contributed by atoms with Crippen LogP contribution in [0.25, 0.3) is 0 Å². The first-order valence-corrected chi connectivity index (χ1v) is 8.65. The Morgan fingerprint density at radius 3 is 2.62 bits per heavy atom. The predicted molar refractivity (Wildman–Crippen MR) is 93.9 cm³/mol. The maximum Gasteiger partial charge on any atom is 0.0643 e. The average molecular weight is 329 g/mol. The second kappa shape index (κ2) is 7.21. The summed E-state index contributed by atoms with van der Waals surface area (Å²) in [6, 6.07) is 4.99. The van der Waals surface area contributed by atoms with E-state index < -0.39 is 0 Å². The number of rotatable bonds is 4. The molecule has 1 fully saturated rings. The molecule has 0 radical (unpaired) electrons. The van der Waals surface area contributed by atoms with Crippen LogP contribution in [0.1, 0.15) is 39.2 Å². The standard InChI is InChI=1S/C17H26Cl2N2/c1-5-6-13-10-21(17(9-20-13)11(2)3)16-8-14(18)12(4)7-15(16)19/h7-8,11,13,17,20H,5-6,9-10H2,1-4H3. The summed E-state index contributed by atoms with van der Waals surface area (Å²) in [5.41, 5.74) is 2.11. The van der Waals surface area contributed by atoms with E-state index in [4.69, 9.17) is 23.2 Å². The van der Waals surface area contributed by atoms with Crippen molar-refractivity contribution in [2.75, 3.05) is 18.0 Å². The molecule has 0 saturated carbocycles. The van der Waals surface area contributed by atoms with Crippen LogP contribution in [-0.4, -0.2) is 25.2 Å². The van der Waals surface area contributed by atoms with Crippen molar-refractivity contribution in [1.29, 1.82) is 0 Å². The fraction of sp³-hybridized carbons (Fsp3) is 0.647. The minimum Gasteiger partial charge on any atom is -0.364 e. The molecule has 1 aliphatic heterocycles. The van der Waals surface area contributed by atoms with E-state index in [2.05, 4.69) is 31.0 Å². The molecule has 1 aliphatic rings. The number of nitrogens with zero attached hydrogens (tertiary/aromatic N) is 1. The van der Waals surface area contributed by atoms with Crippen LogP contribution in [0.3, 0.4) is 0 Å². The molecule has 1 aromatic carbocycles. The molecule has 4 heteroatoms. The molecule has 118 valence electrons. The monoisotopic (exact) mass is 328 g/mol. The predicted octanol–water partition coefficient (Wildman–Crippen LogP) is 4.90. The van der Waals surface area contributed by atoms with Gasteiger partial charge in [0.15, 0.2) is 0 Å². The second-order valence-corrected chi connectivity index (χ2v) is 7.22. The summed E-state index contributed by atoms with van der Waals surface area (Å²) in [6.45, 7) is 10.8. The molecule has 2 rings (SSSR count). The van der Waals surface area contributed by atoms with E-state index in [0.29, 0.717) is 18.0 Å². The van der Waals surface area contributed by atoms with Gasteiger partial charge >= 0.3 is 0 Å². The van der Waals surface area contributed by atoms with Gasteiger partial charge in [0.1, 0.15) is 0 Å². The first-order valence-electron chi connectivity index (χ1n) is 7.89. The Balaban J connectivity index is 2.33. The number of nitrogens with one attached hydrogen (secondary N) is 1. The lowest BCUT2D eigenvalue weighted by Gasteiger charge is -2.44. The number of hydrogen-bond acceptors (Lipinski definition) is 2. The molecule has 0 aromatic heterocycles. The van der Waals surface area contributed by atoms with Crippen molar-refractivity contribution in [2.24, 2.45) is 5.92 Å². The van der Waals surface area contributed by atoms with Gasteiger partial charge in [-0.25, -0.2) is 0 Å². The molecule has 1 saturated heterocycles. The van der Waals surface area contributed by atoms with Crippen LogP contribution >= 0.6 is 23.2 Å². The van der Waals surface area contributed by atoms with Crippen molar-refractivity contribution in [3.8, 4) is 0 Å². The van der Waals surface area contributed by atoms with Gasteiger partial charge in [0, 0.05) is 30.2 Å². The fourth-order valence-electron chi connectivity index (χ4n) is 3.11. The maximum absolute atomic E-state index is 6.51. The highest BCUT2D eigenvalue weighted by Gasteiger charge is 2.30. The summed E-state index contributed by atoms with van der Waals surface area (Å²) in [4.78, 5) is 2.45. The Morgan fingerprint density at radius 2 is 2.00 bits per heavy atom. The van der Waals surface area contributed by atoms with Gasteiger partial charge in [-0.1, -0.05) is 50.4 Å². The highest BCUT2D eigenvalue weighted by molar-refractivity contribution is 6.35. The summed E-state index contributed by atoms with van der Waals surface area (Å²) < 4.78 is 0. The SMILES string of the molecule is CCCC1CN(c2cc(Cl)c(C)cc2Cl)C(C(C)C)CN1. The lowest BCUT2D eigenvalue weighted by atomic mass is 9.96. The number of hydrogen-bond donors (Lipinski definition) is 1. The summed E-state index contributed by atoms with van der Waals surface area (Å²) in [5, 5.41) is 5.28. The molecule has 0 bridgehead atoms. The molecular formula is C17H26Cl2N2. The third kappa shape index (κ3) is 3.85. The van der Waals surface area contributed by atoms with Crippen LogP contribution in [0.15, 0.2) is 12.1 Å². The van der Waals surface area contributed by atoms with E-state index >= 15 is 0 Å². The minimum absolute atomic E-state index is 0.453. The van der Waals surface area contributed by atoms with Gasteiger partial charge in [-0.05, 0) is 37.0 Å². The summed E-state index contributed by atoms with van der Waals surface area (Å²) in [6.07, 6.45) is 2.39. The Labute approximate surface area is 138 Å². The minimum atomic E-state index is 0.453. The Morgan fingerprint density at radius 1 is 1.29 bits per heavy atom. The first kappa shape index (κ1) is 16.9. The van der Waals surface area contributed by atoms with E-state index in [-0.39, 0.29) is 0 Å². The molecule has 2 unspecified atom stereocenters. The fourth-order valence-corrected chi connectivity index (χ4v) is 3.59. The van der Waals surface area contributed by atoms with E-state index in [1.54, 1.807) is 0 Å². The summed E-state index contributed by atoms with van der Waals surface area (Å²) in [7, 11) is 0. The number of halogens is 2. The van der Waals surface area contributed by atoms with Gasteiger partial charge in [-0.2, -0.15) is 0 Å². The molecule has 2 nitrogen and oxygen atoms in total.